The van der Waals surface area contributed by atoms with E-state index in [0.29, 0.717) is 17.9 Å². The number of nitro benzene ring substituents is 1. The summed E-state index contributed by atoms with van der Waals surface area (Å²) in [5.41, 5.74) is 4.65. The number of rotatable bonds is 7. The molecule has 28 heavy (non-hydrogen) atoms. The summed E-state index contributed by atoms with van der Waals surface area (Å²) in [5.74, 6) is 0.263. The summed E-state index contributed by atoms with van der Waals surface area (Å²) in [4.78, 5) is 22.3. The molecule has 142 valence electrons. The highest BCUT2D eigenvalue weighted by Gasteiger charge is 2.11. The van der Waals surface area contributed by atoms with Crippen LogP contribution in [0.3, 0.4) is 0 Å². The number of ether oxygens (including phenoxy) is 1. The van der Waals surface area contributed by atoms with E-state index in [1.54, 1.807) is 6.07 Å². The Bertz CT molecular complexity index is 1010. The number of hydrogen-bond donors (Lipinski definition) is 2. The van der Waals surface area contributed by atoms with Gasteiger partial charge in [-0.1, -0.05) is 12.1 Å². The number of hydrazone groups is 1. The smallest absolute Gasteiger partial charge is 0.289 e. The van der Waals surface area contributed by atoms with Crippen molar-refractivity contribution in [2.75, 3.05) is 6.61 Å². The Morgan fingerprint density at radius 3 is 2.79 bits per heavy atom. The molecule has 1 aromatic heterocycles. The third-order valence-electron chi connectivity index (χ3n) is 3.75. The molecular weight excluding hydrogens is 362 g/mol. The summed E-state index contributed by atoms with van der Waals surface area (Å²) in [7, 11) is 0. The molecule has 0 bridgehead atoms. The lowest BCUT2D eigenvalue weighted by Crippen LogP contribution is -2.17. The van der Waals surface area contributed by atoms with Gasteiger partial charge < -0.3 is 4.74 Å². The van der Waals surface area contributed by atoms with E-state index in [1.807, 2.05) is 31.2 Å². The monoisotopic (exact) mass is 379 g/mol. The number of nitro groups is 1. The second-order valence-corrected chi connectivity index (χ2v) is 5.68. The molecular formula is C19H17N5O4. The summed E-state index contributed by atoms with van der Waals surface area (Å²) < 4.78 is 5.46. The number of benzene rings is 2. The molecule has 9 nitrogen and oxygen atoms in total. The standard InChI is InChI=1S/C19H17N5O4/c1-2-28-16-5-3-4-14(10-16)17-11-18(22-21-17)19(25)23-20-12-13-6-8-15(9-7-13)24(26)27/h3-12H,2H2,1H3,(H,21,22)(H,23,25)/b20-12-. The van der Waals surface area contributed by atoms with Gasteiger partial charge in [-0.05, 0) is 42.8 Å². The van der Waals surface area contributed by atoms with Crippen LogP contribution < -0.4 is 10.2 Å². The van der Waals surface area contributed by atoms with Crippen molar-refractivity contribution in [2.45, 2.75) is 6.92 Å². The minimum Gasteiger partial charge on any atom is -0.494 e. The van der Waals surface area contributed by atoms with Crippen molar-refractivity contribution in [3.8, 4) is 17.0 Å². The second kappa shape index (κ2) is 8.58. The number of non-ortho nitro benzene ring substituents is 1. The lowest BCUT2D eigenvalue weighted by molar-refractivity contribution is -0.384. The Morgan fingerprint density at radius 1 is 1.29 bits per heavy atom. The highest BCUT2D eigenvalue weighted by Crippen LogP contribution is 2.22. The van der Waals surface area contributed by atoms with Gasteiger partial charge in [-0.25, -0.2) is 5.43 Å². The van der Waals surface area contributed by atoms with Gasteiger partial charge in [-0.15, -0.1) is 0 Å². The Kier molecular flexibility index (Phi) is 5.75. The predicted octanol–water partition coefficient (Wildman–Crippen LogP) is 3.15. The SMILES string of the molecule is CCOc1cccc(-c2cc(C(=O)N/N=C\c3ccc([N+](=O)[O-])cc3)[nH]n2)c1. The van der Waals surface area contributed by atoms with E-state index in [4.69, 9.17) is 4.74 Å². The Balaban J connectivity index is 1.64. The molecule has 9 heteroatoms. The highest BCUT2D eigenvalue weighted by atomic mass is 16.6. The largest absolute Gasteiger partial charge is 0.494 e. The highest BCUT2D eigenvalue weighted by molar-refractivity contribution is 5.94. The third-order valence-corrected chi connectivity index (χ3v) is 3.75. The summed E-state index contributed by atoms with van der Waals surface area (Å²) >= 11 is 0. The minimum atomic E-state index is -0.484. The zero-order chi connectivity index (χ0) is 19.9. The molecule has 3 rings (SSSR count). The van der Waals surface area contributed by atoms with Gasteiger partial charge in [0.1, 0.15) is 11.4 Å². The molecule has 0 saturated heterocycles. The first kappa shape index (κ1) is 18.8. The summed E-state index contributed by atoms with van der Waals surface area (Å²) in [5, 5.41) is 21.3. The molecule has 1 amide bonds. The lowest BCUT2D eigenvalue weighted by Gasteiger charge is -2.03. The van der Waals surface area contributed by atoms with E-state index in [-0.39, 0.29) is 11.4 Å². The van der Waals surface area contributed by atoms with Crippen molar-refractivity contribution in [3.63, 3.8) is 0 Å². The van der Waals surface area contributed by atoms with Crippen LogP contribution in [0.5, 0.6) is 5.75 Å². The summed E-state index contributed by atoms with van der Waals surface area (Å²) in [6.07, 6.45) is 1.39. The van der Waals surface area contributed by atoms with Gasteiger partial charge in [0.05, 0.1) is 23.4 Å². The maximum absolute atomic E-state index is 12.2. The van der Waals surface area contributed by atoms with Crippen molar-refractivity contribution in [1.82, 2.24) is 15.6 Å². The predicted molar refractivity (Wildman–Crippen MR) is 103 cm³/mol. The molecule has 0 spiro atoms. The topological polar surface area (TPSA) is 123 Å². The molecule has 0 unspecified atom stereocenters. The van der Waals surface area contributed by atoms with Crippen molar-refractivity contribution < 1.29 is 14.5 Å². The Hall–Kier alpha value is -4.01. The van der Waals surface area contributed by atoms with Crippen molar-refractivity contribution in [3.05, 3.63) is 76.0 Å². The van der Waals surface area contributed by atoms with Gasteiger partial charge in [-0.3, -0.25) is 20.0 Å². The zero-order valence-corrected chi connectivity index (χ0v) is 15.0. The third kappa shape index (κ3) is 4.58. The number of aromatic nitrogens is 2. The van der Waals surface area contributed by atoms with Crippen LogP contribution in [0.2, 0.25) is 0 Å². The molecule has 2 N–H and O–H groups in total. The van der Waals surface area contributed by atoms with Crippen LogP contribution in [0, 0.1) is 10.1 Å². The molecule has 0 aliphatic heterocycles. The fraction of sp³-hybridized carbons (Fsp3) is 0.105. The summed E-state index contributed by atoms with van der Waals surface area (Å²) in [6, 6.07) is 14.8. The molecule has 0 fully saturated rings. The number of nitrogens with one attached hydrogen (secondary N) is 2. The second-order valence-electron chi connectivity index (χ2n) is 5.68. The number of amides is 1. The van der Waals surface area contributed by atoms with E-state index in [1.165, 1.54) is 30.5 Å². The van der Waals surface area contributed by atoms with Gasteiger partial charge in [0, 0.05) is 17.7 Å². The van der Waals surface area contributed by atoms with Gasteiger partial charge in [0.15, 0.2) is 0 Å². The van der Waals surface area contributed by atoms with Crippen LogP contribution in [-0.4, -0.2) is 33.8 Å². The molecule has 0 atom stereocenters. The van der Waals surface area contributed by atoms with Crippen LogP contribution in [0.25, 0.3) is 11.3 Å². The van der Waals surface area contributed by atoms with Crippen LogP contribution in [0.1, 0.15) is 23.0 Å². The molecule has 1 heterocycles. The molecule has 3 aromatic rings. The average Bonchev–Trinajstić information content (AvgIpc) is 3.19. The fourth-order valence-corrected chi connectivity index (χ4v) is 2.41. The average molecular weight is 379 g/mol. The zero-order valence-electron chi connectivity index (χ0n) is 15.0. The van der Waals surface area contributed by atoms with Gasteiger partial charge in [0.25, 0.3) is 11.6 Å². The van der Waals surface area contributed by atoms with E-state index < -0.39 is 10.8 Å². The number of carbonyl (C=O) groups excluding carboxylic acids is 1. The number of aromatic amines is 1. The van der Waals surface area contributed by atoms with Crippen molar-refractivity contribution >= 4 is 17.8 Å². The maximum Gasteiger partial charge on any atom is 0.289 e. The minimum absolute atomic E-state index is 0.0143. The van der Waals surface area contributed by atoms with Crippen LogP contribution in [0.4, 0.5) is 5.69 Å². The number of hydrogen-bond acceptors (Lipinski definition) is 6. The molecule has 0 saturated carbocycles. The first-order valence-corrected chi connectivity index (χ1v) is 8.43. The van der Waals surface area contributed by atoms with E-state index in [2.05, 4.69) is 20.7 Å². The lowest BCUT2D eigenvalue weighted by atomic mass is 10.1. The van der Waals surface area contributed by atoms with Crippen LogP contribution in [0.15, 0.2) is 59.7 Å². The Labute approximate surface area is 160 Å². The molecule has 2 aromatic carbocycles. The number of nitrogens with zero attached hydrogens (tertiary/aromatic N) is 3. The number of carbonyl (C=O) groups is 1. The van der Waals surface area contributed by atoms with E-state index >= 15 is 0 Å². The molecule has 0 aliphatic rings. The summed E-state index contributed by atoms with van der Waals surface area (Å²) in [6.45, 7) is 2.46. The maximum atomic E-state index is 12.2. The van der Waals surface area contributed by atoms with Gasteiger partial charge in [0.2, 0.25) is 0 Å². The van der Waals surface area contributed by atoms with Crippen molar-refractivity contribution in [2.24, 2.45) is 5.10 Å². The fourth-order valence-electron chi connectivity index (χ4n) is 2.41. The first-order chi connectivity index (χ1) is 13.6. The number of H-pyrrole nitrogens is 1. The normalized spacial score (nSPS) is 10.8. The van der Waals surface area contributed by atoms with Crippen molar-refractivity contribution in [1.29, 1.82) is 0 Å². The Morgan fingerprint density at radius 2 is 2.07 bits per heavy atom. The van der Waals surface area contributed by atoms with E-state index in [9.17, 15) is 14.9 Å². The quantitative estimate of drug-likeness (QED) is 0.371. The van der Waals surface area contributed by atoms with Crippen LogP contribution >= 0.6 is 0 Å². The first-order valence-electron chi connectivity index (χ1n) is 8.43. The van der Waals surface area contributed by atoms with Crippen LogP contribution in [-0.2, 0) is 0 Å². The molecule has 0 radical (unpaired) electrons. The van der Waals surface area contributed by atoms with E-state index in [0.717, 1.165) is 11.3 Å². The molecule has 0 aliphatic carbocycles. The van der Waals surface area contributed by atoms with Gasteiger partial charge >= 0.3 is 0 Å². The van der Waals surface area contributed by atoms with Gasteiger partial charge in [-0.2, -0.15) is 10.2 Å².